The third-order valence-electron chi connectivity index (χ3n) is 6.48. The first-order valence-corrected chi connectivity index (χ1v) is 10.6. The predicted octanol–water partition coefficient (Wildman–Crippen LogP) is 7.61. The van der Waals surface area contributed by atoms with Crippen molar-refractivity contribution in [3.8, 4) is 0 Å². The van der Waals surface area contributed by atoms with Crippen molar-refractivity contribution >= 4 is 6.08 Å². The van der Waals surface area contributed by atoms with Crippen molar-refractivity contribution < 1.29 is 26.7 Å². The molecule has 1 aromatic carbocycles. The van der Waals surface area contributed by atoms with Crippen LogP contribution in [-0.2, 0) is 4.74 Å². The molecule has 162 valence electrons. The highest BCUT2D eigenvalue weighted by molar-refractivity contribution is 5.52. The molecule has 3 rings (SSSR count). The largest absolute Gasteiger partial charge is 0.409 e. The van der Waals surface area contributed by atoms with Crippen LogP contribution in [0.4, 0.5) is 22.0 Å². The van der Waals surface area contributed by atoms with Gasteiger partial charge in [-0.25, -0.2) is 8.78 Å². The fraction of sp³-hybridized carbons (Fsp3) is 0.652. The molecular formula is C23H29F5O. The van der Waals surface area contributed by atoms with Gasteiger partial charge in [-0.05, 0) is 67.2 Å². The maximum Gasteiger partial charge on any atom is 0.409 e. The van der Waals surface area contributed by atoms with E-state index in [-0.39, 0.29) is 6.08 Å². The smallest absolute Gasteiger partial charge is 0.373 e. The molecule has 6 heteroatoms. The third kappa shape index (κ3) is 6.03. The molecule has 1 aliphatic heterocycles. The summed E-state index contributed by atoms with van der Waals surface area (Å²) in [5, 5.41) is 0. The van der Waals surface area contributed by atoms with E-state index in [0.717, 1.165) is 24.5 Å². The Morgan fingerprint density at radius 1 is 0.966 bits per heavy atom. The van der Waals surface area contributed by atoms with Crippen LogP contribution in [-0.4, -0.2) is 12.8 Å². The Bertz CT molecular complexity index is 673. The molecule has 1 saturated heterocycles. The fourth-order valence-electron chi connectivity index (χ4n) is 4.89. The SMILES string of the molecule is CCCC1CCC(C2CCC(c3cc(F)c(/C=C/C(F)(F)F)c(F)c3)OC2)CC1. The summed E-state index contributed by atoms with van der Waals surface area (Å²) >= 11 is 0. The molecule has 0 N–H and O–H groups in total. The van der Waals surface area contributed by atoms with E-state index in [9.17, 15) is 22.0 Å². The molecule has 1 heterocycles. The predicted molar refractivity (Wildman–Crippen MR) is 103 cm³/mol. The maximum absolute atomic E-state index is 14.2. The van der Waals surface area contributed by atoms with E-state index in [2.05, 4.69) is 6.92 Å². The van der Waals surface area contributed by atoms with Gasteiger partial charge < -0.3 is 4.74 Å². The number of hydrogen-bond acceptors (Lipinski definition) is 1. The van der Waals surface area contributed by atoms with Crippen molar-refractivity contribution in [3.63, 3.8) is 0 Å². The molecule has 0 spiro atoms. The zero-order valence-corrected chi connectivity index (χ0v) is 16.8. The highest BCUT2D eigenvalue weighted by Gasteiger charge is 2.32. The second-order valence-corrected chi connectivity index (χ2v) is 8.50. The van der Waals surface area contributed by atoms with Gasteiger partial charge in [0.2, 0.25) is 0 Å². The Labute approximate surface area is 169 Å². The van der Waals surface area contributed by atoms with Crippen LogP contribution in [0.15, 0.2) is 18.2 Å². The Balaban J connectivity index is 1.58. The number of benzene rings is 1. The number of alkyl halides is 3. The van der Waals surface area contributed by atoms with Crippen molar-refractivity contribution in [3.05, 3.63) is 41.0 Å². The lowest BCUT2D eigenvalue weighted by Gasteiger charge is -2.38. The van der Waals surface area contributed by atoms with Gasteiger partial charge in [0, 0.05) is 11.6 Å². The van der Waals surface area contributed by atoms with Gasteiger partial charge in [-0.2, -0.15) is 13.2 Å². The van der Waals surface area contributed by atoms with Crippen molar-refractivity contribution in [1.29, 1.82) is 0 Å². The number of allylic oxidation sites excluding steroid dienone is 1. The zero-order chi connectivity index (χ0) is 21.0. The first-order valence-electron chi connectivity index (χ1n) is 10.6. The van der Waals surface area contributed by atoms with Crippen molar-refractivity contribution in [1.82, 2.24) is 0 Å². The summed E-state index contributed by atoms with van der Waals surface area (Å²) < 4.78 is 71.1. The maximum atomic E-state index is 14.2. The van der Waals surface area contributed by atoms with Crippen molar-refractivity contribution in [2.45, 2.75) is 70.6 Å². The highest BCUT2D eigenvalue weighted by atomic mass is 19.4. The Morgan fingerprint density at radius 3 is 2.10 bits per heavy atom. The van der Waals surface area contributed by atoms with Crippen molar-refractivity contribution in [2.75, 3.05) is 6.61 Å². The molecule has 0 amide bonds. The van der Waals surface area contributed by atoms with Gasteiger partial charge in [0.05, 0.1) is 12.7 Å². The first-order chi connectivity index (χ1) is 13.8. The van der Waals surface area contributed by atoms with Crippen LogP contribution >= 0.6 is 0 Å². The third-order valence-corrected chi connectivity index (χ3v) is 6.48. The molecule has 1 aliphatic carbocycles. The number of ether oxygens (including phenoxy) is 1. The molecule has 2 aliphatic rings. The Morgan fingerprint density at radius 2 is 1.59 bits per heavy atom. The normalized spacial score (nSPS) is 28.8. The standard InChI is InChI=1S/C23H29F5O/c1-2-3-15-4-6-16(7-5-15)17-8-9-22(29-14-17)18-12-20(24)19(21(25)13-18)10-11-23(26,27)28/h10-13,15-17,22H,2-9,14H2,1H3/b11-10+. The molecular weight excluding hydrogens is 387 g/mol. The molecule has 0 aromatic heterocycles. The fourth-order valence-corrected chi connectivity index (χ4v) is 4.89. The molecule has 0 radical (unpaired) electrons. The molecule has 2 atom stereocenters. The topological polar surface area (TPSA) is 9.23 Å². The summed E-state index contributed by atoms with van der Waals surface area (Å²) in [5.41, 5.74) is -0.321. The van der Waals surface area contributed by atoms with E-state index in [4.69, 9.17) is 4.74 Å². The van der Waals surface area contributed by atoms with E-state index in [0.29, 0.717) is 36.5 Å². The van der Waals surface area contributed by atoms with Crippen LogP contribution in [0.3, 0.4) is 0 Å². The zero-order valence-electron chi connectivity index (χ0n) is 16.8. The Hall–Kier alpha value is -1.43. The number of hydrogen-bond donors (Lipinski definition) is 0. The summed E-state index contributed by atoms with van der Waals surface area (Å²) in [6.07, 6.45) is 4.43. The van der Waals surface area contributed by atoms with Gasteiger partial charge in [-0.1, -0.05) is 32.6 Å². The number of rotatable bonds is 5. The average molecular weight is 416 g/mol. The van der Waals surface area contributed by atoms with Crippen LogP contribution in [0, 0.1) is 29.4 Å². The summed E-state index contributed by atoms with van der Waals surface area (Å²) in [7, 11) is 0. The summed E-state index contributed by atoms with van der Waals surface area (Å²) in [5.74, 6) is -0.00442. The first kappa shape index (κ1) is 22.3. The molecule has 2 unspecified atom stereocenters. The average Bonchev–Trinajstić information content (AvgIpc) is 2.67. The van der Waals surface area contributed by atoms with Gasteiger partial charge in [0.1, 0.15) is 11.6 Å². The van der Waals surface area contributed by atoms with E-state index in [1.165, 1.54) is 38.5 Å². The summed E-state index contributed by atoms with van der Waals surface area (Å²) in [6.45, 7) is 2.80. The van der Waals surface area contributed by atoms with Crippen LogP contribution in [0.25, 0.3) is 6.08 Å². The highest BCUT2D eigenvalue weighted by Crippen LogP contribution is 2.41. The van der Waals surface area contributed by atoms with E-state index < -0.39 is 29.5 Å². The minimum absolute atomic E-state index is 0.162. The summed E-state index contributed by atoms with van der Waals surface area (Å²) in [6, 6.07) is 2.19. The van der Waals surface area contributed by atoms with E-state index in [1.54, 1.807) is 0 Å². The minimum Gasteiger partial charge on any atom is -0.373 e. The van der Waals surface area contributed by atoms with Crippen LogP contribution in [0.1, 0.15) is 75.5 Å². The second kappa shape index (κ2) is 9.59. The van der Waals surface area contributed by atoms with Crippen LogP contribution < -0.4 is 0 Å². The Kier molecular flexibility index (Phi) is 7.36. The van der Waals surface area contributed by atoms with Gasteiger partial charge in [-0.15, -0.1) is 0 Å². The molecule has 0 bridgehead atoms. The van der Waals surface area contributed by atoms with Gasteiger partial charge >= 0.3 is 6.18 Å². The molecule has 29 heavy (non-hydrogen) atoms. The monoisotopic (exact) mass is 416 g/mol. The van der Waals surface area contributed by atoms with Crippen LogP contribution in [0.5, 0.6) is 0 Å². The number of halogens is 5. The second-order valence-electron chi connectivity index (χ2n) is 8.50. The van der Waals surface area contributed by atoms with Crippen LogP contribution in [0.2, 0.25) is 0 Å². The lowest BCUT2D eigenvalue weighted by Crippen LogP contribution is -2.29. The molecule has 1 saturated carbocycles. The van der Waals surface area contributed by atoms with E-state index in [1.807, 2.05) is 0 Å². The van der Waals surface area contributed by atoms with Crippen molar-refractivity contribution in [2.24, 2.45) is 17.8 Å². The summed E-state index contributed by atoms with van der Waals surface area (Å²) in [4.78, 5) is 0. The quantitative estimate of drug-likeness (QED) is 0.449. The minimum atomic E-state index is -4.62. The van der Waals surface area contributed by atoms with Gasteiger partial charge in [0.15, 0.2) is 0 Å². The lowest BCUT2D eigenvalue weighted by atomic mass is 9.73. The van der Waals surface area contributed by atoms with Gasteiger partial charge in [-0.3, -0.25) is 0 Å². The molecule has 1 aromatic rings. The van der Waals surface area contributed by atoms with E-state index >= 15 is 0 Å². The molecule has 1 nitrogen and oxygen atoms in total. The lowest BCUT2D eigenvalue weighted by molar-refractivity contribution is -0.0790. The molecule has 2 fully saturated rings. The van der Waals surface area contributed by atoms with Gasteiger partial charge in [0.25, 0.3) is 0 Å².